The van der Waals surface area contributed by atoms with E-state index in [0.29, 0.717) is 13.2 Å². The van der Waals surface area contributed by atoms with Crippen LogP contribution < -0.4 is 24.9 Å². The van der Waals surface area contributed by atoms with Crippen LogP contribution in [0.25, 0.3) is 0 Å². The highest BCUT2D eigenvalue weighted by Crippen LogP contribution is 2.42. The van der Waals surface area contributed by atoms with Crippen LogP contribution in [-0.2, 0) is 21.2 Å². The summed E-state index contributed by atoms with van der Waals surface area (Å²) in [6.07, 6.45) is -0.461. The lowest BCUT2D eigenvalue weighted by Crippen LogP contribution is -2.68. The lowest BCUT2D eigenvalue weighted by molar-refractivity contribution is 0.0450. The van der Waals surface area contributed by atoms with Gasteiger partial charge >= 0.3 is 14.4 Å². The lowest BCUT2D eigenvalue weighted by Gasteiger charge is -2.43. The van der Waals surface area contributed by atoms with Crippen molar-refractivity contribution in [1.29, 1.82) is 0 Å². The Labute approximate surface area is 334 Å². The Morgan fingerprint density at radius 1 is 0.709 bits per heavy atom. The predicted octanol–water partition coefficient (Wildman–Crippen LogP) is 11.0. The van der Waals surface area contributed by atoms with Gasteiger partial charge in [0.05, 0.1) is 12.6 Å². The van der Waals surface area contributed by atoms with E-state index in [1.807, 2.05) is 20.8 Å². The zero-order chi connectivity index (χ0) is 41.0. The summed E-state index contributed by atoms with van der Waals surface area (Å²) in [5.74, 6) is 1.63. The minimum Gasteiger partial charge on any atom is -0.534 e. The molecule has 0 radical (unpaired) electrons. The highest BCUT2D eigenvalue weighted by Gasteiger charge is 2.52. The molecule has 0 aromatic heterocycles. The third-order valence-corrected chi connectivity index (χ3v) is 20.5. The predicted molar refractivity (Wildman–Crippen MR) is 234 cm³/mol. The third-order valence-electron chi connectivity index (χ3n) is 11.1. The molecule has 6 nitrogen and oxygen atoms in total. The summed E-state index contributed by atoms with van der Waals surface area (Å²) >= 11 is 0. The summed E-state index contributed by atoms with van der Waals surface area (Å²) in [6, 6.07) is 33.6. The average Bonchev–Trinajstić information content (AvgIpc) is 3.07. The van der Waals surface area contributed by atoms with Crippen molar-refractivity contribution in [2.24, 2.45) is 0 Å². The Balaban J connectivity index is 1.66. The molecule has 1 amide bonds. The lowest BCUT2D eigenvalue weighted by atomic mass is 9.75. The maximum Gasteiger partial charge on any atom is 0.407 e. The molecule has 4 aromatic carbocycles. The van der Waals surface area contributed by atoms with Crippen LogP contribution in [-0.4, -0.2) is 41.0 Å². The SMILES string of the molecule is Cc1cc(C)c(C(C)(C)[C@@H](CO[Si](C)(C)C(C)(C)C)NC(=O)OC(C)(C)C)c(OCc2ccc(O[Si](c3ccccc3)(c3ccccc3)C(C)(C)C)cc2)c1. The van der Waals surface area contributed by atoms with Crippen molar-refractivity contribution in [3.05, 3.63) is 119 Å². The maximum atomic E-state index is 13.3. The number of carbonyl (C=O) groups excluding carboxylic acids is 1. The van der Waals surface area contributed by atoms with Crippen molar-refractivity contribution in [1.82, 2.24) is 5.32 Å². The Hall–Kier alpha value is -3.86. The fraction of sp³-hybridized carbons (Fsp3) is 0.468. The van der Waals surface area contributed by atoms with Crippen LogP contribution in [0.1, 0.15) is 98.4 Å². The van der Waals surface area contributed by atoms with E-state index in [0.717, 1.165) is 33.8 Å². The molecule has 0 fully saturated rings. The summed E-state index contributed by atoms with van der Waals surface area (Å²) in [5.41, 5.74) is 3.05. The summed E-state index contributed by atoms with van der Waals surface area (Å²) in [6.45, 7) is 32.9. The summed E-state index contributed by atoms with van der Waals surface area (Å²) in [4.78, 5) is 13.3. The number of hydrogen-bond donors (Lipinski definition) is 1. The van der Waals surface area contributed by atoms with Gasteiger partial charge in [0.15, 0.2) is 8.32 Å². The fourth-order valence-electron chi connectivity index (χ4n) is 7.07. The molecule has 0 saturated heterocycles. The van der Waals surface area contributed by atoms with Gasteiger partial charge < -0.3 is 23.6 Å². The van der Waals surface area contributed by atoms with Gasteiger partial charge in [-0.15, -0.1) is 0 Å². The van der Waals surface area contributed by atoms with Gasteiger partial charge in [-0.2, -0.15) is 0 Å². The van der Waals surface area contributed by atoms with E-state index in [-0.39, 0.29) is 10.1 Å². The molecular formula is C47H67NO5Si2. The molecule has 4 rings (SSSR count). The van der Waals surface area contributed by atoms with E-state index in [4.69, 9.17) is 18.3 Å². The average molecular weight is 782 g/mol. The number of benzene rings is 4. The minimum absolute atomic E-state index is 0.0156. The van der Waals surface area contributed by atoms with Crippen LogP contribution >= 0.6 is 0 Å². The van der Waals surface area contributed by atoms with Crippen LogP contribution in [0.2, 0.25) is 23.2 Å². The summed E-state index contributed by atoms with van der Waals surface area (Å²) < 4.78 is 26.5. The van der Waals surface area contributed by atoms with Gasteiger partial charge in [0, 0.05) is 11.0 Å². The summed E-state index contributed by atoms with van der Waals surface area (Å²) in [7, 11) is -4.90. The second-order valence-corrected chi connectivity index (χ2v) is 28.2. The van der Waals surface area contributed by atoms with Gasteiger partial charge in [-0.05, 0) is 103 Å². The standard InChI is InChI=1S/C47H67NO5Si2/c1-34-30-35(2)42(47(12,13)41(48-43(49)52-44(3,4)5)33-51-54(14,15)45(6,7)8)40(31-34)50-32-36-26-28-37(29-27-36)53-55(46(9,10)11,38-22-18-16-19-23-38)39-24-20-17-21-25-39/h16-31,41H,32-33H2,1-15H3,(H,48,49)/t41-/m1/s1. The first-order valence-corrected chi connectivity index (χ1v) is 24.5. The Morgan fingerprint density at radius 3 is 1.71 bits per heavy atom. The Kier molecular flexibility index (Phi) is 13.3. The zero-order valence-corrected chi connectivity index (χ0v) is 38.3. The van der Waals surface area contributed by atoms with Crippen molar-refractivity contribution in [3.8, 4) is 11.5 Å². The van der Waals surface area contributed by atoms with Crippen molar-refractivity contribution in [3.63, 3.8) is 0 Å². The van der Waals surface area contributed by atoms with Crippen molar-refractivity contribution < 1.29 is 23.1 Å². The van der Waals surface area contributed by atoms with E-state index < -0.39 is 39.8 Å². The topological polar surface area (TPSA) is 66.0 Å². The monoisotopic (exact) mass is 781 g/mol. The van der Waals surface area contributed by atoms with E-state index >= 15 is 0 Å². The summed E-state index contributed by atoms with van der Waals surface area (Å²) in [5, 5.41) is 5.55. The number of carbonyl (C=O) groups is 1. The molecule has 4 aromatic rings. The van der Waals surface area contributed by atoms with Crippen LogP contribution in [0.15, 0.2) is 97.1 Å². The molecule has 0 saturated carbocycles. The highest BCUT2D eigenvalue weighted by atomic mass is 28.4. The highest BCUT2D eigenvalue weighted by molar-refractivity contribution is 7.00. The van der Waals surface area contributed by atoms with Crippen LogP contribution in [0, 0.1) is 13.8 Å². The number of rotatable bonds is 13. The van der Waals surface area contributed by atoms with Crippen molar-refractivity contribution >= 4 is 33.1 Å². The van der Waals surface area contributed by atoms with Crippen LogP contribution in [0.4, 0.5) is 4.79 Å². The van der Waals surface area contributed by atoms with E-state index in [9.17, 15) is 4.79 Å². The quantitative estimate of drug-likeness (QED) is 0.137. The molecule has 0 spiro atoms. The smallest absolute Gasteiger partial charge is 0.407 e. The first-order chi connectivity index (χ1) is 25.4. The zero-order valence-electron chi connectivity index (χ0n) is 36.3. The molecule has 1 atom stereocenters. The molecule has 0 unspecified atom stereocenters. The van der Waals surface area contributed by atoms with Crippen LogP contribution in [0.5, 0.6) is 11.5 Å². The molecule has 0 bridgehead atoms. The van der Waals surface area contributed by atoms with Gasteiger partial charge in [-0.25, -0.2) is 4.79 Å². The third kappa shape index (κ3) is 10.5. The van der Waals surface area contributed by atoms with E-state index in [1.54, 1.807) is 0 Å². The fourth-order valence-corrected chi connectivity index (χ4v) is 12.5. The molecule has 0 aliphatic carbocycles. The van der Waals surface area contributed by atoms with Crippen LogP contribution in [0.3, 0.4) is 0 Å². The minimum atomic E-state index is -2.76. The number of nitrogens with one attached hydrogen (secondary N) is 1. The molecule has 0 heterocycles. The molecule has 55 heavy (non-hydrogen) atoms. The molecule has 298 valence electrons. The normalized spacial score (nSPS) is 13.6. The van der Waals surface area contributed by atoms with Gasteiger partial charge in [0.1, 0.15) is 23.7 Å². The number of alkyl carbamates (subject to hydrolysis) is 1. The Morgan fingerprint density at radius 2 is 1.24 bits per heavy atom. The van der Waals surface area contributed by atoms with E-state index in [1.165, 1.54) is 10.4 Å². The maximum absolute atomic E-state index is 13.3. The number of hydrogen-bond acceptors (Lipinski definition) is 5. The molecule has 0 aliphatic rings. The number of ether oxygens (including phenoxy) is 2. The Bertz CT molecular complexity index is 1830. The van der Waals surface area contributed by atoms with Gasteiger partial charge in [-0.1, -0.05) is 134 Å². The van der Waals surface area contributed by atoms with Gasteiger partial charge in [0.2, 0.25) is 0 Å². The van der Waals surface area contributed by atoms with Gasteiger partial charge in [-0.3, -0.25) is 0 Å². The van der Waals surface area contributed by atoms with Crippen molar-refractivity contribution in [2.75, 3.05) is 6.61 Å². The molecular weight excluding hydrogens is 715 g/mol. The number of aryl methyl sites for hydroxylation is 2. The second kappa shape index (κ2) is 16.7. The van der Waals surface area contributed by atoms with Crippen molar-refractivity contribution in [2.45, 2.75) is 137 Å². The molecule has 0 aliphatic heterocycles. The van der Waals surface area contributed by atoms with E-state index in [2.05, 4.69) is 185 Å². The van der Waals surface area contributed by atoms with Gasteiger partial charge in [0.25, 0.3) is 0 Å². The number of amides is 1. The first-order valence-electron chi connectivity index (χ1n) is 19.6. The largest absolute Gasteiger partial charge is 0.534 e. The molecule has 8 heteroatoms. The molecule has 1 N–H and O–H groups in total. The first kappa shape index (κ1) is 43.9. The second-order valence-electron chi connectivity index (χ2n) is 19.1.